The zero-order valence-electron chi connectivity index (χ0n) is 17.3. The van der Waals surface area contributed by atoms with Crippen LogP contribution in [0.3, 0.4) is 0 Å². The average molecular weight is 492 g/mol. The van der Waals surface area contributed by atoms with Gasteiger partial charge in [-0.25, -0.2) is 9.18 Å². The van der Waals surface area contributed by atoms with E-state index in [-0.39, 0.29) is 30.7 Å². The number of carbonyl (C=O) groups excluding carboxylic acids is 1. The molecule has 1 saturated carbocycles. The number of carbonyl (C=O) groups is 1. The van der Waals surface area contributed by atoms with Crippen molar-refractivity contribution < 1.29 is 28.2 Å². The molecular formula is C23H23BrFNO5. The van der Waals surface area contributed by atoms with E-state index >= 15 is 0 Å². The lowest BCUT2D eigenvalue weighted by molar-refractivity contribution is -0.133. The normalized spacial score (nSPS) is 14.3. The van der Waals surface area contributed by atoms with Crippen LogP contribution in [0.5, 0.6) is 0 Å². The molecule has 0 atom stereocenters. The minimum atomic E-state index is -0.533. The van der Waals surface area contributed by atoms with Crippen LogP contribution in [-0.2, 0) is 30.4 Å². The van der Waals surface area contributed by atoms with Crippen LogP contribution in [0.15, 0.2) is 58.4 Å². The summed E-state index contributed by atoms with van der Waals surface area (Å²) in [5, 5.41) is 4.25. The molecule has 0 saturated heterocycles. The molecule has 0 bridgehead atoms. The second-order valence-corrected chi connectivity index (χ2v) is 7.71. The van der Waals surface area contributed by atoms with Gasteiger partial charge in [-0.05, 0) is 36.6 Å². The highest BCUT2D eigenvalue weighted by Crippen LogP contribution is 2.28. The number of hydrogen-bond donors (Lipinski definition) is 0. The van der Waals surface area contributed by atoms with Crippen molar-refractivity contribution in [1.29, 1.82) is 0 Å². The molecule has 0 unspecified atom stereocenters. The summed E-state index contributed by atoms with van der Waals surface area (Å²) in [6.07, 6.45) is 3.62. The Morgan fingerprint density at radius 3 is 2.58 bits per heavy atom. The van der Waals surface area contributed by atoms with Gasteiger partial charge < -0.3 is 19.0 Å². The Kier molecular flexibility index (Phi) is 8.20. The molecule has 2 aromatic rings. The van der Waals surface area contributed by atoms with Crippen molar-refractivity contribution in [2.45, 2.75) is 25.6 Å². The van der Waals surface area contributed by atoms with Gasteiger partial charge in [-0.1, -0.05) is 45.4 Å². The van der Waals surface area contributed by atoms with E-state index in [4.69, 9.17) is 19.0 Å². The third-order valence-electron chi connectivity index (χ3n) is 4.59. The Morgan fingerprint density at radius 1 is 1.19 bits per heavy atom. The number of esters is 1. The summed E-state index contributed by atoms with van der Waals surface area (Å²) >= 11 is 3.50. The molecule has 1 fully saturated rings. The zero-order chi connectivity index (χ0) is 22.2. The Hall–Kier alpha value is -2.71. The Balaban J connectivity index is 1.83. The van der Waals surface area contributed by atoms with E-state index in [0.29, 0.717) is 22.4 Å². The molecule has 3 rings (SSSR count). The highest BCUT2D eigenvalue weighted by molar-refractivity contribution is 9.10. The van der Waals surface area contributed by atoms with Crippen LogP contribution in [0.25, 0.3) is 5.57 Å². The number of nitrogens with zero attached hydrogens (tertiary/aromatic N) is 1. The van der Waals surface area contributed by atoms with Crippen molar-refractivity contribution in [3.63, 3.8) is 0 Å². The molecule has 0 aromatic heterocycles. The fourth-order valence-electron chi connectivity index (χ4n) is 2.82. The molecule has 2 aromatic carbocycles. The van der Waals surface area contributed by atoms with Gasteiger partial charge in [0.05, 0.1) is 33.2 Å². The molecule has 0 radical (unpaired) electrons. The van der Waals surface area contributed by atoms with E-state index in [1.165, 1.54) is 32.6 Å². The summed E-state index contributed by atoms with van der Waals surface area (Å²) in [7, 11) is 2.76. The largest absolute Gasteiger partial charge is 0.503 e. The fourth-order valence-corrected chi connectivity index (χ4v) is 3.30. The lowest BCUT2D eigenvalue weighted by Gasteiger charge is -2.13. The highest BCUT2D eigenvalue weighted by atomic mass is 79.9. The SMILES string of the molecule is CO/C=C(/C(=O)OC)c1cccc(Br)c1CO/N=C(\COC1CC1)c1ccc(F)cc1. The van der Waals surface area contributed by atoms with Crippen molar-refractivity contribution in [2.75, 3.05) is 20.8 Å². The maximum atomic E-state index is 13.3. The second-order valence-electron chi connectivity index (χ2n) is 6.85. The smallest absolute Gasteiger partial charge is 0.341 e. The molecule has 6 nitrogen and oxygen atoms in total. The lowest BCUT2D eigenvalue weighted by Crippen LogP contribution is -2.13. The number of halogens is 2. The molecule has 31 heavy (non-hydrogen) atoms. The van der Waals surface area contributed by atoms with Crippen molar-refractivity contribution in [2.24, 2.45) is 5.16 Å². The molecule has 0 spiro atoms. The van der Waals surface area contributed by atoms with Crippen molar-refractivity contribution in [3.05, 3.63) is 75.7 Å². The molecule has 1 aliphatic carbocycles. The minimum absolute atomic E-state index is 0.0723. The predicted octanol–water partition coefficient (Wildman–Crippen LogP) is 4.85. The van der Waals surface area contributed by atoms with Crippen LogP contribution < -0.4 is 0 Å². The van der Waals surface area contributed by atoms with Gasteiger partial charge in [-0.2, -0.15) is 0 Å². The van der Waals surface area contributed by atoms with Crippen LogP contribution in [0.2, 0.25) is 0 Å². The quantitative estimate of drug-likeness (QED) is 0.156. The monoisotopic (exact) mass is 491 g/mol. The fraction of sp³-hybridized carbons (Fsp3) is 0.304. The third-order valence-corrected chi connectivity index (χ3v) is 5.33. The van der Waals surface area contributed by atoms with Gasteiger partial charge in [-0.15, -0.1) is 0 Å². The summed E-state index contributed by atoms with van der Waals surface area (Å²) in [6.45, 7) is 0.332. The molecule has 164 valence electrons. The number of oxime groups is 1. The Labute approximate surface area is 188 Å². The van der Waals surface area contributed by atoms with Crippen LogP contribution in [0.4, 0.5) is 4.39 Å². The number of benzene rings is 2. The summed E-state index contributed by atoms with van der Waals surface area (Å²) in [6, 6.07) is 11.4. The first-order valence-electron chi connectivity index (χ1n) is 9.69. The van der Waals surface area contributed by atoms with Gasteiger partial charge >= 0.3 is 5.97 Å². The van der Waals surface area contributed by atoms with Crippen molar-refractivity contribution in [3.8, 4) is 0 Å². The first-order chi connectivity index (χ1) is 15.0. The summed E-state index contributed by atoms with van der Waals surface area (Å²) in [4.78, 5) is 17.9. The molecule has 0 heterocycles. The van der Waals surface area contributed by atoms with E-state index in [0.717, 1.165) is 17.3 Å². The zero-order valence-corrected chi connectivity index (χ0v) is 18.9. The summed E-state index contributed by atoms with van der Waals surface area (Å²) in [5.41, 5.74) is 2.81. The summed E-state index contributed by atoms with van der Waals surface area (Å²) in [5.74, 6) is -0.861. The second kappa shape index (κ2) is 11.1. The van der Waals surface area contributed by atoms with Gasteiger partial charge in [0.15, 0.2) is 0 Å². The van der Waals surface area contributed by atoms with E-state index in [1.807, 2.05) is 6.07 Å². The number of rotatable bonds is 10. The Bertz CT molecular complexity index is 970. The van der Waals surface area contributed by atoms with Gasteiger partial charge in [0.1, 0.15) is 23.7 Å². The minimum Gasteiger partial charge on any atom is -0.503 e. The van der Waals surface area contributed by atoms with Crippen LogP contribution >= 0.6 is 15.9 Å². The third kappa shape index (κ3) is 6.38. The Morgan fingerprint density at radius 2 is 1.94 bits per heavy atom. The first-order valence-corrected chi connectivity index (χ1v) is 10.5. The highest BCUT2D eigenvalue weighted by Gasteiger charge is 2.23. The maximum Gasteiger partial charge on any atom is 0.341 e. The standard InChI is InChI=1S/C23H23BrFNO5/c1-28-12-20(23(27)29-2)18-4-3-5-21(24)19(18)13-31-26-22(14-30-17-10-11-17)15-6-8-16(25)9-7-15/h3-9,12,17H,10-11,13-14H2,1-2H3/b20-12+,26-22+. The van der Waals surface area contributed by atoms with Crippen molar-refractivity contribution >= 4 is 33.2 Å². The molecule has 0 N–H and O–H groups in total. The topological polar surface area (TPSA) is 66.4 Å². The molecule has 1 aliphatic rings. The maximum absolute atomic E-state index is 13.3. The molecule has 8 heteroatoms. The number of hydrogen-bond acceptors (Lipinski definition) is 6. The number of ether oxygens (including phenoxy) is 3. The molecular weight excluding hydrogens is 469 g/mol. The van der Waals surface area contributed by atoms with Gasteiger partial charge in [0.2, 0.25) is 0 Å². The lowest BCUT2D eigenvalue weighted by atomic mass is 10.0. The van der Waals surface area contributed by atoms with E-state index < -0.39 is 5.97 Å². The summed E-state index contributed by atoms with van der Waals surface area (Å²) < 4.78 is 29.7. The number of methoxy groups -OCH3 is 2. The van der Waals surface area contributed by atoms with Crippen LogP contribution in [0.1, 0.15) is 29.5 Å². The predicted molar refractivity (Wildman–Crippen MR) is 118 cm³/mol. The molecule has 0 aliphatic heterocycles. The van der Waals surface area contributed by atoms with Gasteiger partial charge in [0.25, 0.3) is 0 Å². The molecule has 0 amide bonds. The van der Waals surface area contributed by atoms with Gasteiger partial charge in [0, 0.05) is 15.6 Å². The van der Waals surface area contributed by atoms with E-state index in [9.17, 15) is 9.18 Å². The van der Waals surface area contributed by atoms with Gasteiger partial charge in [-0.3, -0.25) is 0 Å². The van der Waals surface area contributed by atoms with E-state index in [2.05, 4.69) is 21.1 Å². The van der Waals surface area contributed by atoms with Crippen molar-refractivity contribution in [1.82, 2.24) is 0 Å². The van der Waals surface area contributed by atoms with Crippen LogP contribution in [-0.4, -0.2) is 38.6 Å². The average Bonchev–Trinajstić information content (AvgIpc) is 3.60. The first kappa shape index (κ1) is 23.0. The van der Waals surface area contributed by atoms with E-state index in [1.54, 1.807) is 24.3 Å². The van der Waals surface area contributed by atoms with Crippen LogP contribution in [0, 0.1) is 5.82 Å².